The standard InChI is InChI=1S/C13H20N2O2S/c1-14-8-9-15(2)18(16,17)13-7-6-11-4-3-5-12(11)10-13/h6-7,10,14H,3-5,8-9H2,1-2H3. The van der Waals surface area contributed by atoms with Gasteiger partial charge in [0.1, 0.15) is 0 Å². The first-order chi connectivity index (χ1) is 8.55. The van der Waals surface area contributed by atoms with E-state index in [4.69, 9.17) is 0 Å². The molecule has 1 aliphatic carbocycles. The van der Waals surface area contributed by atoms with Crippen LogP contribution in [0.2, 0.25) is 0 Å². The first kappa shape index (κ1) is 13.5. The molecule has 4 nitrogen and oxygen atoms in total. The van der Waals surface area contributed by atoms with Crippen molar-refractivity contribution in [2.24, 2.45) is 0 Å². The Kier molecular flexibility index (Phi) is 4.04. The molecule has 0 amide bonds. The Hall–Kier alpha value is -0.910. The second-order valence-electron chi connectivity index (χ2n) is 4.71. The number of hydrogen-bond donors (Lipinski definition) is 1. The number of fused-ring (bicyclic) bond motifs is 1. The lowest BCUT2D eigenvalue weighted by Gasteiger charge is -2.17. The van der Waals surface area contributed by atoms with Crippen molar-refractivity contribution < 1.29 is 8.42 Å². The summed E-state index contributed by atoms with van der Waals surface area (Å²) < 4.78 is 26.1. The molecule has 0 radical (unpaired) electrons. The smallest absolute Gasteiger partial charge is 0.242 e. The van der Waals surface area contributed by atoms with Crippen LogP contribution >= 0.6 is 0 Å². The van der Waals surface area contributed by atoms with E-state index in [1.54, 1.807) is 13.1 Å². The van der Waals surface area contributed by atoms with E-state index in [1.807, 2.05) is 19.2 Å². The van der Waals surface area contributed by atoms with E-state index in [0.29, 0.717) is 18.0 Å². The minimum atomic E-state index is -3.34. The molecule has 0 unspecified atom stereocenters. The van der Waals surface area contributed by atoms with E-state index in [2.05, 4.69) is 5.32 Å². The van der Waals surface area contributed by atoms with E-state index in [-0.39, 0.29) is 0 Å². The van der Waals surface area contributed by atoms with Crippen molar-refractivity contribution in [1.29, 1.82) is 0 Å². The first-order valence-corrected chi connectivity index (χ1v) is 7.72. The Bertz CT molecular complexity index is 526. The van der Waals surface area contributed by atoms with Gasteiger partial charge in [0.05, 0.1) is 4.90 Å². The summed E-state index contributed by atoms with van der Waals surface area (Å²) in [4.78, 5) is 0.418. The molecular weight excluding hydrogens is 248 g/mol. The fourth-order valence-corrected chi connectivity index (χ4v) is 3.50. The van der Waals surface area contributed by atoms with Crippen molar-refractivity contribution in [1.82, 2.24) is 9.62 Å². The maximum atomic E-state index is 12.3. The summed E-state index contributed by atoms with van der Waals surface area (Å²) in [7, 11) is 0.101. The van der Waals surface area contributed by atoms with Crippen LogP contribution in [0.25, 0.3) is 0 Å². The van der Waals surface area contributed by atoms with Gasteiger partial charge in [-0.05, 0) is 49.6 Å². The summed E-state index contributed by atoms with van der Waals surface area (Å²) in [6.45, 7) is 1.14. The zero-order valence-corrected chi connectivity index (χ0v) is 11.8. The first-order valence-electron chi connectivity index (χ1n) is 6.28. The van der Waals surface area contributed by atoms with Gasteiger partial charge in [0, 0.05) is 20.1 Å². The molecule has 5 heteroatoms. The summed E-state index contributed by atoms with van der Waals surface area (Å²) in [5.74, 6) is 0. The van der Waals surface area contributed by atoms with Gasteiger partial charge >= 0.3 is 0 Å². The predicted octanol–water partition coefficient (Wildman–Crippen LogP) is 1.02. The van der Waals surface area contributed by atoms with E-state index < -0.39 is 10.0 Å². The van der Waals surface area contributed by atoms with Gasteiger partial charge in [0.2, 0.25) is 10.0 Å². The van der Waals surface area contributed by atoms with Crippen LogP contribution in [0, 0.1) is 0 Å². The maximum absolute atomic E-state index is 12.3. The lowest BCUT2D eigenvalue weighted by atomic mass is 10.1. The van der Waals surface area contributed by atoms with Crippen molar-refractivity contribution in [2.75, 3.05) is 27.2 Å². The molecule has 18 heavy (non-hydrogen) atoms. The van der Waals surface area contributed by atoms with Gasteiger partial charge in [-0.3, -0.25) is 0 Å². The van der Waals surface area contributed by atoms with Crippen molar-refractivity contribution >= 4 is 10.0 Å². The van der Waals surface area contributed by atoms with Crippen LogP contribution in [0.4, 0.5) is 0 Å². The lowest BCUT2D eigenvalue weighted by molar-refractivity contribution is 0.466. The van der Waals surface area contributed by atoms with E-state index in [1.165, 1.54) is 15.4 Å². The van der Waals surface area contributed by atoms with Gasteiger partial charge in [-0.25, -0.2) is 8.42 Å². The van der Waals surface area contributed by atoms with Crippen molar-refractivity contribution in [3.05, 3.63) is 29.3 Å². The van der Waals surface area contributed by atoms with Crippen LogP contribution in [0.5, 0.6) is 0 Å². The SMILES string of the molecule is CNCCN(C)S(=O)(=O)c1ccc2c(c1)CCC2. The van der Waals surface area contributed by atoms with Crippen molar-refractivity contribution in [3.8, 4) is 0 Å². The molecule has 100 valence electrons. The topological polar surface area (TPSA) is 49.4 Å². The second kappa shape index (κ2) is 5.38. The third-order valence-electron chi connectivity index (χ3n) is 3.45. The largest absolute Gasteiger partial charge is 0.318 e. The number of nitrogens with one attached hydrogen (secondary N) is 1. The third kappa shape index (κ3) is 2.58. The number of rotatable bonds is 5. The van der Waals surface area contributed by atoms with Gasteiger partial charge in [0.15, 0.2) is 0 Å². The fourth-order valence-electron chi connectivity index (χ4n) is 2.28. The molecule has 0 fully saturated rings. The van der Waals surface area contributed by atoms with Gasteiger partial charge in [-0.2, -0.15) is 4.31 Å². The number of aryl methyl sites for hydroxylation is 2. The molecule has 1 aromatic carbocycles. The monoisotopic (exact) mass is 268 g/mol. The number of likely N-dealkylation sites (N-methyl/N-ethyl adjacent to an activating group) is 2. The summed E-state index contributed by atoms with van der Waals surface area (Å²) in [5.41, 5.74) is 2.49. The van der Waals surface area contributed by atoms with Crippen LogP contribution in [0.3, 0.4) is 0 Å². The van der Waals surface area contributed by atoms with Crippen LogP contribution < -0.4 is 5.32 Å². The Labute approximate surface area is 109 Å². The van der Waals surface area contributed by atoms with Gasteiger partial charge in [-0.1, -0.05) is 6.07 Å². The molecule has 0 bridgehead atoms. The summed E-state index contributed by atoms with van der Waals surface area (Å²) >= 11 is 0. The highest BCUT2D eigenvalue weighted by molar-refractivity contribution is 7.89. The molecule has 0 spiro atoms. The second-order valence-corrected chi connectivity index (χ2v) is 6.76. The Morgan fingerprint density at radius 3 is 2.72 bits per heavy atom. The minimum absolute atomic E-state index is 0.418. The molecule has 1 aliphatic rings. The van der Waals surface area contributed by atoms with Crippen molar-refractivity contribution in [3.63, 3.8) is 0 Å². The van der Waals surface area contributed by atoms with Crippen LogP contribution in [-0.4, -0.2) is 39.9 Å². The van der Waals surface area contributed by atoms with Crippen LogP contribution in [0.1, 0.15) is 17.5 Å². The van der Waals surface area contributed by atoms with Crippen LogP contribution in [0.15, 0.2) is 23.1 Å². The zero-order valence-electron chi connectivity index (χ0n) is 10.9. The molecule has 0 saturated heterocycles. The van der Waals surface area contributed by atoms with E-state index in [0.717, 1.165) is 19.3 Å². The minimum Gasteiger partial charge on any atom is -0.318 e. The van der Waals surface area contributed by atoms with Gasteiger partial charge < -0.3 is 5.32 Å². The molecule has 0 aliphatic heterocycles. The summed E-state index contributed by atoms with van der Waals surface area (Å²) in [6.07, 6.45) is 3.21. The fraction of sp³-hybridized carbons (Fsp3) is 0.538. The molecule has 2 rings (SSSR count). The maximum Gasteiger partial charge on any atom is 0.242 e. The van der Waals surface area contributed by atoms with Crippen LogP contribution in [-0.2, 0) is 22.9 Å². The van der Waals surface area contributed by atoms with E-state index >= 15 is 0 Å². The highest BCUT2D eigenvalue weighted by Crippen LogP contribution is 2.25. The normalized spacial score (nSPS) is 15.1. The molecule has 0 saturated carbocycles. The quantitative estimate of drug-likeness (QED) is 0.867. The summed E-state index contributed by atoms with van der Waals surface area (Å²) in [6, 6.07) is 5.53. The average Bonchev–Trinajstić information content (AvgIpc) is 2.82. The highest BCUT2D eigenvalue weighted by atomic mass is 32.2. The Balaban J connectivity index is 2.24. The third-order valence-corrected chi connectivity index (χ3v) is 5.31. The zero-order chi connectivity index (χ0) is 13.2. The molecule has 1 N–H and O–H groups in total. The Morgan fingerprint density at radius 1 is 1.28 bits per heavy atom. The molecule has 1 aromatic rings. The summed E-state index contributed by atoms with van der Waals surface area (Å²) in [5, 5.41) is 2.96. The highest BCUT2D eigenvalue weighted by Gasteiger charge is 2.22. The number of benzene rings is 1. The predicted molar refractivity (Wildman–Crippen MR) is 72.2 cm³/mol. The molecule has 0 aromatic heterocycles. The van der Waals surface area contributed by atoms with Gasteiger partial charge in [-0.15, -0.1) is 0 Å². The lowest BCUT2D eigenvalue weighted by Crippen LogP contribution is -2.32. The number of nitrogens with zero attached hydrogens (tertiary/aromatic N) is 1. The van der Waals surface area contributed by atoms with Crippen molar-refractivity contribution in [2.45, 2.75) is 24.2 Å². The van der Waals surface area contributed by atoms with Gasteiger partial charge in [0.25, 0.3) is 0 Å². The molecule has 0 heterocycles. The van der Waals surface area contributed by atoms with E-state index in [9.17, 15) is 8.42 Å². The number of sulfonamides is 1. The number of hydrogen-bond acceptors (Lipinski definition) is 3. The molecule has 0 atom stereocenters. The Morgan fingerprint density at radius 2 is 2.00 bits per heavy atom. The average molecular weight is 268 g/mol. The molecular formula is C13H20N2O2S.